The van der Waals surface area contributed by atoms with Crippen LogP contribution in [0.5, 0.6) is 5.75 Å². The second-order valence-corrected chi connectivity index (χ2v) is 3.97. The van der Waals surface area contributed by atoms with Gasteiger partial charge in [0.2, 0.25) is 0 Å². The summed E-state index contributed by atoms with van der Waals surface area (Å²) in [5.74, 6) is 0.109. The number of hydrogen-bond acceptors (Lipinski definition) is 3. The molecule has 18 heavy (non-hydrogen) atoms. The molecule has 0 aliphatic heterocycles. The molecule has 0 fully saturated rings. The van der Waals surface area contributed by atoms with Crippen molar-refractivity contribution in [3.8, 4) is 5.75 Å². The van der Waals surface area contributed by atoms with Crippen LogP contribution < -0.4 is 4.74 Å². The van der Waals surface area contributed by atoms with E-state index in [-0.39, 0.29) is 12.2 Å². The Morgan fingerprint density at radius 3 is 2.61 bits per heavy atom. The lowest BCUT2D eigenvalue weighted by Gasteiger charge is -2.18. The van der Waals surface area contributed by atoms with Crippen LogP contribution in [-0.2, 0) is 9.53 Å². The van der Waals surface area contributed by atoms with Gasteiger partial charge in [0.15, 0.2) is 0 Å². The zero-order chi connectivity index (χ0) is 13.4. The molecule has 0 saturated heterocycles. The third-order valence-corrected chi connectivity index (χ3v) is 2.22. The molecule has 5 nitrogen and oxygen atoms in total. The zero-order valence-electron chi connectivity index (χ0n) is 10.4. The van der Waals surface area contributed by atoms with Crippen LogP contribution in [0.2, 0.25) is 0 Å². The molecule has 0 N–H and O–H groups in total. The number of rotatable bonds is 6. The minimum atomic E-state index is -0.670. The predicted molar refractivity (Wildman–Crippen MR) is 66.4 cm³/mol. The van der Waals surface area contributed by atoms with Crippen LogP contribution >= 0.6 is 0 Å². The number of ether oxygens (including phenoxy) is 2. The van der Waals surface area contributed by atoms with Crippen molar-refractivity contribution in [3.63, 3.8) is 0 Å². The van der Waals surface area contributed by atoms with Gasteiger partial charge >= 0.3 is 12.2 Å². The van der Waals surface area contributed by atoms with E-state index in [1.54, 1.807) is 6.92 Å². The second kappa shape index (κ2) is 7.25. The Hall–Kier alpha value is -2.13. The minimum Gasteiger partial charge on any atom is -0.491 e. The summed E-state index contributed by atoms with van der Waals surface area (Å²) >= 11 is 0. The third-order valence-electron chi connectivity index (χ3n) is 2.22. The zero-order valence-corrected chi connectivity index (χ0v) is 10.4. The molecule has 0 aromatic heterocycles. The fourth-order valence-electron chi connectivity index (χ4n) is 1.57. The highest BCUT2D eigenvalue weighted by Crippen LogP contribution is 2.14. The van der Waals surface area contributed by atoms with Gasteiger partial charge in [-0.1, -0.05) is 18.2 Å². The second-order valence-electron chi connectivity index (χ2n) is 3.97. The van der Waals surface area contributed by atoms with Gasteiger partial charge in [-0.05, 0) is 26.0 Å². The molecule has 2 unspecified atom stereocenters. The molecule has 0 saturated carbocycles. The molecular formula is C13H16N2O3. The summed E-state index contributed by atoms with van der Waals surface area (Å²) < 4.78 is 10.6. The fourth-order valence-corrected chi connectivity index (χ4v) is 1.57. The number of carbonyl (C=O) groups is 1. The van der Waals surface area contributed by atoms with E-state index in [9.17, 15) is 4.79 Å². The Morgan fingerprint density at radius 2 is 2.00 bits per heavy atom. The average Bonchev–Trinajstić information content (AvgIpc) is 2.29. The van der Waals surface area contributed by atoms with Crippen molar-refractivity contribution in [3.05, 3.63) is 35.9 Å². The largest absolute Gasteiger partial charge is 0.491 e. The van der Waals surface area contributed by atoms with Crippen molar-refractivity contribution < 1.29 is 19.1 Å². The maximum Gasteiger partial charge on any atom is 0.413 e. The van der Waals surface area contributed by atoms with Gasteiger partial charge in [0.1, 0.15) is 11.9 Å². The van der Waals surface area contributed by atoms with E-state index in [0.29, 0.717) is 6.42 Å². The molecule has 0 heterocycles. The molecule has 5 heteroatoms. The maximum atomic E-state index is 11.0. The molecule has 0 spiro atoms. The van der Waals surface area contributed by atoms with Crippen molar-refractivity contribution in [1.82, 2.24) is 0 Å². The fraction of sp³-hybridized carbons (Fsp3) is 0.385. The molecule has 1 aromatic carbocycles. The standard InChI is InChI=1S/C13H16N2O3/c1-10(17-12-6-4-3-5-7-12)8-11(2)18-13(16)9-15-14/h3-7,9-11H,8H2,1-2H3. The lowest BCUT2D eigenvalue weighted by molar-refractivity contribution is -0.144. The summed E-state index contributed by atoms with van der Waals surface area (Å²) in [7, 11) is 0. The van der Waals surface area contributed by atoms with Gasteiger partial charge in [-0.15, -0.1) is 0 Å². The summed E-state index contributed by atoms with van der Waals surface area (Å²) in [4.78, 5) is 13.6. The van der Waals surface area contributed by atoms with Crippen LogP contribution in [0.4, 0.5) is 0 Å². The van der Waals surface area contributed by atoms with E-state index < -0.39 is 5.97 Å². The average molecular weight is 248 g/mol. The lowest BCUT2D eigenvalue weighted by atomic mass is 10.2. The SMILES string of the molecule is CC(CC(C)Oc1ccccc1)OC(=O)C=[N+]=[N-]. The van der Waals surface area contributed by atoms with E-state index in [4.69, 9.17) is 15.0 Å². The Bertz CT molecular complexity index is 427. The van der Waals surface area contributed by atoms with Crippen LogP contribution in [0.15, 0.2) is 30.3 Å². The Kier molecular flexibility index (Phi) is 5.61. The number of carbonyl (C=O) groups excluding carboxylic acids is 1. The molecule has 1 aromatic rings. The molecule has 0 bridgehead atoms. The summed E-state index contributed by atoms with van der Waals surface area (Å²) in [6.07, 6.45) is 0.884. The molecule has 96 valence electrons. The van der Waals surface area contributed by atoms with Crippen molar-refractivity contribution in [2.75, 3.05) is 0 Å². The summed E-state index contributed by atoms with van der Waals surface area (Å²) in [5, 5.41) is 0. The number of hydrogen-bond donors (Lipinski definition) is 0. The van der Waals surface area contributed by atoms with Gasteiger partial charge in [-0.3, -0.25) is 0 Å². The van der Waals surface area contributed by atoms with Gasteiger partial charge < -0.3 is 15.0 Å². The van der Waals surface area contributed by atoms with Crippen molar-refractivity contribution in [2.45, 2.75) is 32.5 Å². The van der Waals surface area contributed by atoms with E-state index in [0.717, 1.165) is 12.0 Å². The molecule has 1 rings (SSSR count). The van der Waals surface area contributed by atoms with Crippen LogP contribution in [0.25, 0.3) is 5.53 Å². The highest BCUT2D eigenvalue weighted by Gasteiger charge is 2.15. The third kappa shape index (κ3) is 5.27. The Morgan fingerprint density at radius 1 is 1.33 bits per heavy atom. The number of benzene rings is 1. The van der Waals surface area contributed by atoms with Gasteiger partial charge in [0.25, 0.3) is 0 Å². The van der Waals surface area contributed by atoms with Crippen molar-refractivity contribution in [2.24, 2.45) is 0 Å². The van der Waals surface area contributed by atoms with E-state index >= 15 is 0 Å². The van der Waals surface area contributed by atoms with E-state index in [1.165, 1.54) is 0 Å². The van der Waals surface area contributed by atoms with Gasteiger partial charge in [-0.25, -0.2) is 4.79 Å². The van der Waals surface area contributed by atoms with Gasteiger partial charge in [-0.2, -0.15) is 4.79 Å². The maximum absolute atomic E-state index is 11.0. The first-order valence-electron chi connectivity index (χ1n) is 5.71. The molecule has 0 aliphatic carbocycles. The Balaban J connectivity index is 2.38. The van der Waals surface area contributed by atoms with Crippen LogP contribution in [0.3, 0.4) is 0 Å². The summed E-state index contributed by atoms with van der Waals surface area (Å²) in [5.41, 5.74) is 8.17. The minimum absolute atomic E-state index is 0.0822. The molecule has 0 aliphatic rings. The summed E-state index contributed by atoms with van der Waals surface area (Å²) in [6.45, 7) is 3.66. The monoisotopic (exact) mass is 248 g/mol. The van der Waals surface area contributed by atoms with Crippen molar-refractivity contribution in [1.29, 1.82) is 0 Å². The first-order valence-corrected chi connectivity index (χ1v) is 5.71. The molecule has 2 atom stereocenters. The lowest BCUT2D eigenvalue weighted by Crippen LogP contribution is -2.23. The van der Waals surface area contributed by atoms with E-state index in [1.807, 2.05) is 37.3 Å². The predicted octanol–water partition coefficient (Wildman–Crippen LogP) is 2.08. The van der Waals surface area contributed by atoms with Crippen LogP contribution in [-0.4, -0.2) is 29.2 Å². The highest BCUT2D eigenvalue weighted by atomic mass is 16.5. The van der Waals surface area contributed by atoms with Crippen molar-refractivity contribution >= 4 is 12.2 Å². The Labute approximate surface area is 106 Å². The van der Waals surface area contributed by atoms with Crippen LogP contribution in [0, 0.1) is 0 Å². The number of nitrogens with zero attached hydrogens (tertiary/aromatic N) is 2. The first-order chi connectivity index (χ1) is 8.61. The normalized spacial score (nSPS) is 13.0. The number of esters is 1. The van der Waals surface area contributed by atoms with Gasteiger partial charge in [0, 0.05) is 6.42 Å². The summed E-state index contributed by atoms with van der Waals surface area (Å²) in [6, 6.07) is 9.43. The number of para-hydroxylation sites is 1. The van der Waals surface area contributed by atoms with Gasteiger partial charge in [0.05, 0.1) is 6.10 Å². The van der Waals surface area contributed by atoms with Crippen LogP contribution in [0.1, 0.15) is 20.3 Å². The van der Waals surface area contributed by atoms with E-state index in [2.05, 4.69) is 4.79 Å². The molecular weight excluding hydrogens is 232 g/mol. The topological polar surface area (TPSA) is 71.9 Å². The molecule has 0 radical (unpaired) electrons. The molecule has 0 amide bonds. The highest BCUT2D eigenvalue weighted by molar-refractivity contribution is 6.20. The smallest absolute Gasteiger partial charge is 0.413 e. The quantitative estimate of drug-likeness (QED) is 0.335. The first kappa shape index (κ1) is 13.9.